The Morgan fingerprint density at radius 1 is 1.17 bits per heavy atom. The molecule has 0 radical (unpaired) electrons. The Morgan fingerprint density at radius 2 is 1.97 bits per heavy atom. The fourth-order valence-electron chi connectivity index (χ4n) is 3.97. The minimum Gasteiger partial charge on any atom is -0.490 e. The molecule has 6 nitrogen and oxygen atoms in total. The summed E-state index contributed by atoms with van der Waals surface area (Å²) < 4.78 is 11.5. The first kappa shape index (κ1) is 19.9. The fraction of sp³-hybridized carbons (Fsp3) is 0.478. The third-order valence-corrected chi connectivity index (χ3v) is 5.82. The molecule has 1 amide bonds. The predicted octanol–water partition coefficient (Wildman–Crippen LogP) is 2.99. The summed E-state index contributed by atoms with van der Waals surface area (Å²) in [6.07, 6.45) is 4.96. The van der Waals surface area contributed by atoms with E-state index in [9.17, 15) is 4.79 Å². The number of likely N-dealkylation sites (tertiary alicyclic amines) is 1. The van der Waals surface area contributed by atoms with Gasteiger partial charge >= 0.3 is 0 Å². The van der Waals surface area contributed by atoms with Gasteiger partial charge in [-0.3, -0.25) is 14.7 Å². The first-order chi connectivity index (χ1) is 14.2. The number of hydrogen-bond acceptors (Lipinski definition) is 5. The Labute approximate surface area is 172 Å². The lowest BCUT2D eigenvalue weighted by molar-refractivity contribution is 0.0711. The number of carbonyl (C=O) groups excluding carboxylic acids is 1. The maximum Gasteiger partial charge on any atom is 0.253 e. The molecule has 2 fully saturated rings. The van der Waals surface area contributed by atoms with E-state index in [1.54, 1.807) is 4.90 Å². The van der Waals surface area contributed by atoms with E-state index in [0.717, 1.165) is 56.9 Å². The molecule has 154 valence electrons. The van der Waals surface area contributed by atoms with Crippen molar-refractivity contribution in [2.24, 2.45) is 0 Å². The van der Waals surface area contributed by atoms with E-state index >= 15 is 0 Å². The van der Waals surface area contributed by atoms with E-state index in [4.69, 9.17) is 9.47 Å². The summed E-state index contributed by atoms with van der Waals surface area (Å²) in [5, 5.41) is 0. The van der Waals surface area contributed by atoms with Crippen LogP contribution in [0.3, 0.4) is 0 Å². The molecule has 0 bridgehead atoms. The van der Waals surface area contributed by atoms with Crippen LogP contribution in [-0.4, -0.2) is 66.2 Å². The van der Waals surface area contributed by atoms with E-state index in [1.807, 2.05) is 49.6 Å². The highest BCUT2D eigenvalue weighted by Gasteiger charge is 2.25. The van der Waals surface area contributed by atoms with Crippen LogP contribution in [-0.2, 0) is 11.3 Å². The van der Waals surface area contributed by atoms with Crippen LogP contribution in [0.4, 0.5) is 0 Å². The average molecular weight is 396 g/mol. The molecule has 0 spiro atoms. The smallest absolute Gasteiger partial charge is 0.253 e. The zero-order valence-electron chi connectivity index (χ0n) is 17.0. The second-order valence-electron chi connectivity index (χ2n) is 7.87. The Balaban J connectivity index is 1.25. The number of pyridine rings is 1. The molecule has 1 aromatic heterocycles. The number of rotatable bonds is 6. The Bertz CT molecular complexity index is 783. The molecule has 4 rings (SSSR count). The normalized spacial score (nSPS) is 20.5. The van der Waals surface area contributed by atoms with Crippen molar-refractivity contribution in [1.82, 2.24) is 14.8 Å². The van der Waals surface area contributed by atoms with E-state index in [0.29, 0.717) is 12.2 Å². The number of aromatic nitrogens is 1. The highest BCUT2D eigenvalue weighted by Crippen LogP contribution is 2.21. The van der Waals surface area contributed by atoms with Gasteiger partial charge in [-0.1, -0.05) is 6.07 Å². The molecule has 1 atom stereocenters. The molecule has 0 aliphatic carbocycles. The van der Waals surface area contributed by atoms with Gasteiger partial charge in [-0.15, -0.1) is 0 Å². The highest BCUT2D eigenvalue weighted by molar-refractivity contribution is 5.94. The molecular weight excluding hydrogens is 366 g/mol. The molecule has 2 aromatic rings. The lowest BCUT2D eigenvalue weighted by Crippen LogP contribution is -2.38. The first-order valence-corrected chi connectivity index (χ1v) is 10.4. The van der Waals surface area contributed by atoms with Crippen LogP contribution in [0.5, 0.6) is 5.75 Å². The second kappa shape index (κ2) is 9.37. The van der Waals surface area contributed by atoms with Crippen molar-refractivity contribution in [3.63, 3.8) is 0 Å². The van der Waals surface area contributed by atoms with Crippen molar-refractivity contribution in [3.8, 4) is 5.75 Å². The molecule has 0 unspecified atom stereocenters. The number of hydrogen-bond donors (Lipinski definition) is 0. The molecule has 0 saturated carbocycles. The lowest BCUT2D eigenvalue weighted by Gasteiger charge is -2.32. The van der Waals surface area contributed by atoms with E-state index in [1.165, 1.54) is 0 Å². The van der Waals surface area contributed by atoms with Gasteiger partial charge in [0.25, 0.3) is 5.91 Å². The molecule has 1 aromatic carbocycles. The lowest BCUT2D eigenvalue weighted by atomic mass is 10.1. The fourth-order valence-corrected chi connectivity index (χ4v) is 3.97. The number of carbonyl (C=O) groups is 1. The first-order valence-electron chi connectivity index (χ1n) is 10.4. The van der Waals surface area contributed by atoms with Gasteiger partial charge in [0, 0.05) is 45.0 Å². The number of amides is 1. The minimum atomic E-state index is 0.0369. The standard InChI is InChI=1S/C23H29N3O3/c1-25(20-11-15-28-17-20)23(27)18-5-7-21(8-6-18)29-22-9-13-26(14-10-22)16-19-4-2-3-12-24-19/h2-8,12,20,22H,9-11,13-17H2,1H3/t20-/m0/s1. The van der Waals surface area contributed by atoms with Gasteiger partial charge in [0.15, 0.2) is 0 Å². The van der Waals surface area contributed by atoms with Gasteiger partial charge in [0.05, 0.1) is 18.3 Å². The highest BCUT2D eigenvalue weighted by atomic mass is 16.5. The van der Waals surface area contributed by atoms with Crippen LogP contribution < -0.4 is 4.74 Å². The van der Waals surface area contributed by atoms with Crippen LogP contribution in [0.15, 0.2) is 48.7 Å². The number of benzene rings is 1. The van der Waals surface area contributed by atoms with Gasteiger partial charge in [0.2, 0.25) is 0 Å². The molecular formula is C23H29N3O3. The van der Waals surface area contributed by atoms with Gasteiger partial charge in [0.1, 0.15) is 11.9 Å². The Kier molecular flexibility index (Phi) is 6.42. The van der Waals surface area contributed by atoms with E-state index in [-0.39, 0.29) is 18.1 Å². The number of nitrogens with zero attached hydrogens (tertiary/aromatic N) is 3. The largest absolute Gasteiger partial charge is 0.490 e. The van der Waals surface area contributed by atoms with Crippen LogP contribution in [0.2, 0.25) is 0 Å². The van der Waals surface area contributed by atoms with Gasteiger partial charge in [-0.2, -0.15) is 0 Å². The summed E-state index contributed by atoms with van der Waals surface area (Å²) in [6.45, 7) is 4.26. The third-order valence-electron chi connectivity index (χ3n) is 5.82. The summed E-state index contributed by atoms with van der Waals surface area (Å²) in [7, 11) is 1.85. The SMILES string of the molecule is CN(C(=O)c1ccc(OC2CCN(Cc3ccccn3)CC2)cc1)[C@H]1CCOC1. The van der Waals surface area contributed by atoms with Crippen LogP contribution in [0.25, 0.3) is 0 Å². The second-order valence-corrected chi connectivity index (χ2v) is 7.87. The van der Waals surface area contributed by atoms with Crippen molar-refractivity contribution >= 4 is 5.91 Å². The molecule has 29 heavy (non-hydrogen) atoms. The van der Waals surface area contributed by atoms with Crippen LogP contribution in [0.1, 0.15) is 35.3 Å². The van der Waals surface area contributed by atoms with Crippen molar-refractivity contribution < 1.29 is 14.3 Å². The summed E-state index contributed by atoms with van der Waals surface area (Å²) in [6, 6.07) is 13.8. The minimum absolute atomic E-state index is 0.0369. The molecule has 2 aliphatic rings. The Morgan fingerprint density at radius 3 is 2.62 bits per heavy atom. The van der Waals surface area contributed by atoms with Crippen LogP contribution in [0, 0.1) is 0 Å². The maximum absolute atomic E-state index is 12.6. The summed E-state index contributed by atoms with van der Waals surface area (Å²) in [4.78, 5) is 21.3. The van der Waals surface area contributed by atoms with Crippen molar-refractivity contribution in [2.75, 3.05) is 33.4 Å². The number of ether oxygens (including phenoxy) is 2. The molecule has 2 saturated heterocycles. The molecule has 0 N–H and O–H groups in total. The summed E-state index contributed by atoms with van der Waals surface area (Å²) in [5.74, 6) is 0.867. The van der Waals surface area contributed by atoms with E-state index < -0.39 is 0 Å². The third kappa shape index (κ3) is 5.14. The Hall–Kier alpha value is -2.44. The van der Waals surface area contributed by atoms with E-state index in [2.05, 4.69) is 16.0 Å². The van der Waals surface area contributed by atoms with Crippen LogP contribution >= 0.6 is 0 Å². The monoisotopic (exact) mass is 395 g/mol. The topological polar surface area (TPSA) is 54.9 Å². The zero-order chi connectivity index (χ0) is 20.1. The number of piperidine rings is 1. The van der Waals surface area contributed by atoms with Crippen molar-refractivity contribution in [3.05, 3.63) is 59.9 Å². The molecule has 2 aliphatic heterocycles. The van der Waals surface area contributed by atoms with Gasteiger partial charge in [-0.25, -0.2) is 0 Å². The summed E-state index contributed by atoms with van der Waals surface area (Å²) >= 11 is 0. The summed E-state index contributed by atoms with van der Waals surface area (Å²) in [5.41, 5.74) is 1.80. The predicted molar refractivity (Wildman–Crippen MR) is 111 cm³/mol. The number of likely N-dealkylation sites (N-methyl/N-ethyl adjacent to an activating group) is 1. The van der Waals surface area contributed by atoms with Crippen molar-refractivity contribution in [2.45, 2.75) is 38.0 Å². The average Bonchev–Trinajstić information content (AvgIpc) is 3.30. The quantitative estimate of drug-likeness (QED) is 0.753. The maximum atomic E-state index is 12.6. The van der Waals surface area contributed by atoms with Gasteiger partial charge in [-0.05, 0) is 55.7 Å². The van der Waals surface area contributed by atoms with Gasteiger partial charge < -0.3 is 14.4 Å². The van der Waals surface area contributed by atoms with Crippen molar-refractivity contribution in [1.29, 1.82) is 0 Å². The molecule has 6 heteroatoms. The zero-order valence-corrected chi connectivity index (χ0v) is 17.0. The molecule has 3 heterocycles.